The molecule has 0 saturated carbocycles. The van der Waals surface area contributed by atoms with E-state index < -0.39 is 0 Å². The minimum atomic E-state index is -0.138. The minimum absolute atomic E-state index is 0.0731. The lowest BCUT2D eigenvalue weighted by molar-refractivity contribution is -0.118. The van der Waals surface area contributed by atoms with Crippen molar-refractivity contribution in [2.75, 3.05) is 25.0 Å². The third-order valence-electron chi connectivity index (χ3n) is 5.30. The average molecular weight is 423 g/mol. The van der Waals surface area contributed by atoms with Gasteiger partial charge in [-0.1, -0.05) is 24.6 Å². The van der Waals surface area contributed by atoms with Crippen molar-refractivity contribution in [3.05, 3.63) is 59.1 Å². The highest BCUT2D eigenvalue weighted by molar-refractivity contribution is 7.18. The van der Waals surface area contributed by atoms with E-state index in [0.29, 0.717) is 24.3 Å². The van der Waals surface area contributed by atoms with E-state index in [1.807, 2.05) is 31.2 Å². The number of rotatable bonds is 6. The predicted molar refractivity (Wildman–Crippen MR) is 121 cm³/mol. The van der Waals surface area contributed by atoms with Crippen LogP contribution in [0.15, 0.2) is 48.5 Å². The molecule has 1 fully saturated rings. The summed E-state index contributed by atoms with van der Waals surface area (Å²) in [6.45, 7) is 3.64. The van der Waals surface area contributed by atoms with Gasteiger partial charge in [0.1, 0.15) is 5.01 Å². The van der Waals surface area contributed by atoms with E-state index in [1.165, 1.54) is 4.70 Å². The Kier molecular flexibility index (Phi) is 6.40. The molecule has 2 heterocycles. The van der Waals surface area contributed by atoms with Gasteiger partial charge >= 0.3 is 0 Å². The van der Waals surface area contributed by atoms with Crippen molar-refractivity contribution in [3.63, 3.8) is 0 Å². The van der Waals surface area contributed by atoms with Gasteiger partial charge in [-0.25, -0.2) is 4.98 Å². The van der Waals surface area contributed by atoms with Gasteiger partial charge in [-0.15, -0.1) is 11.3 Å². The summed E-state index contributed by atoms with van der Waals surface area (Å²) >= 11 is 1.72. The van der Waals surface area contributed by atoms with E-state index in [4.69, 9.17) is 4.98 Å². The predicted octanol–water partition coefficient (Wildman–Crippen LogP) is 4.21. The van der Waals surface area contributed by atoms with Crippen LogP contribution in [0.5, 0.6) is 0 Å². The standard InChI is InChI=1S/C23H26N4O2S/c1-2-24-22(29)16-8-7-9-17(14-16)25-21(28)15-27-13-6-5-11-19(27)23-26-18-10-3-4-12-20(18)30-23/h3-4,7-10,12,14,19H,2,5-6,11,13,15H2,1H3,(H,24,29)(H,25,28)/t19-/m1/s1. The number of amides is 2. The summed E-state index contributed by atoms with van der Waals surface area (Å²) in [4.78, 5) is 31.9. The van der Waals surface area contributed by atoms with Crippen LogP contribution in [0, 0.1) is 0 Å². The van der Waals surface area contributed by atoms with Gasteiger partial charge in [0, 0.05) is 17.8 Å². The van der Waals surface area contributed by atoms with E-state index in [1.54, 1.807) is 29.5 Å². The molecule has 2 N–H and O–H groups in total. The van der Waals surface area contributed by atoms with Gasteiger partial charge in [-0.05, 0) is 56.6 Å². The molecule has 0 bridgehead atoms. The molecule has 1 aliphatic heterocycles. The molecule has 3 aromatic rings. The molecule has 0 radical (unpaired) electrons. The maximum absolute atomic E-state index is 12.8. The third-order valence-corrected chi connectivity index (χ3v) is 6.44. The highest BCUT2D eigenvalue weighted by Gasteiger charge is 2.28. The molecule has 2 aromatic carbocycles. The van der Waals surface area contributed by atoms with Crippen LogP contribution in [-0.4, -0.2) is 41.3 Å². The van der Waals surface area contributed by atoms with E-state index in [2.05, 4.69) is 21.6 Å². The van der Waals surface area contributed by atoms with Crippen molar-refractivity contribution in [2.45, 2.75) is 32.2 Å². The number of nitrogens with zero attached hydrogens (tertiary/aromatic N) is 2. The molecular weight excluding hydrogens is 396 g/mol. The van der Waals surface area contributed by atoms with Gasteiger partial charge in [0.25, 0.3) is 5.91 Å². The van der Waals surface area contributed by atoms with Crippen molar-refractivity contribution >= 4 is 39.1 Å². The van der Waals surface area contributed by atoms with Crippen LogP contribution in [0.4, 0.5) is 5.69 Å². The second kappa shape index (κ2) is 9.36. The molecular formula is C23H26N4O2S. The molecule has 6 nitrogen and oxygen atoms in total. The Morgan fingerprint density at radius 2 is 2.03 bits per heavy atom. The summed E-state index contributed by atoms with van der Waals surface area (Å²) in [5.74, 6) is -0.211. The number of likely N-dealkylation sites (tertiary alicyclic amines) is 1. The molecule has 7 heteroatoms. The number of hydrogen-bond donors (Lipinski definition) is 2. The molecule has 1 aliphatic rings. The summed E-state index contributed by atoms with van der Waals surface area (Å²) < 4.78 is 1.18. The number of carbonyl (C=O) groups is 2. The first-order valence-corrected chi connectivity index (χ1v) is 11.2. The van der Waals surface area contributed by atoms with Gasteiger partial charge in [0.15, 0.2) is 0 Å². The second-order valence-corrected chi connectivity index (χ2v) is 8.55. The molecule has 4 rings (SSSR count). The number of thiazole rings is 1. The minimum Gasteiger partial charge on any atom is -0.352 e. The Labute approximate surface area is 180 Å². The number of hydrogen-bond acceptors (Lipinski definition) is 5. The molecule has 0 aliphatic carbocycles. The van der Waals surface area contributed by atoms with Crippen LogP contribution in [0.2, 0.25) is 0 Å². The molecule has 1 atom stereocenters. The van der Waals surface area contributed by atoms with Crippen LogP contribution in [0.3, 0.4) is 0 Å². The number of carbonyl (C=O) groups excluding carboxylic acids is 2. The number of fused-ring (bicyclic) bond motifs is 1. The van der Waals surface area contributed by atoms with Crippen LogP contribution in [0.1, 0.15) is 47.6 Å². The summed E-state index contributed by atoms with van der Waals surface area (Å²) in [7, 11) is 0. The number of aromatic nitrogens is 1. The van der Waals surface area contributed by atoms with E-state index in [0.717, 1.165) is 36.3 Å². The first kappa shape index (κ1) is 20.5. The smallest absolute Gasteiger partial charge is 0.251 e. The zero-order valence-electron chi connectivity index (χ0n) is 17.1. The Balaban J connectivity index is 1.45. The topological polar surface area (TPSA) is 74.3 Å². The largest absolute Gasteiger partial charge is 0.352 e. The van der Waals surface area contributed by atoms with Crippen LogP contribution in [-0.2, 0) is 4.79 Å². The third kappa shape index (κ3) is 4.68. The van der Waals surface area contributed by atoms with E-state index >= 15 is 0 Å². The molecule has 0 spiro atoms. The van der Waals surface area contributed by atoms with Gasteiger partial charge < -0.3 is 10.6 Å². The first-order chi connectivity index (χ1) is 14.6. The number of para-hydroxylation sites is 1. The normalized spacial score (nSPS) is 17.0. The highest BCUT2D eigenvalue weighted by atomic mass is 32.1. The summed E-state index contributed by atoms with van der Waals surface area (Å²) in [6.07, 6.45) is 3.24. The maximum Gasteiger partial charge on any atom is 0.251 e. The first-order valence-electron chi connectivity index (χ1n) is 10.4. The zero-order valence-corrected chi connectivity index (χ0v) is 17.9. The average Bonchev–Trinajstić information content (AvgIpc) is 3.18. The monoisotopic (exact) mass is 422 g/mol. The molecule has 0 unspecified atom stereocenters. The number of piperidine rings is 1. The fourth-order valence-corrected chi connectivity index (χ4v) is 5.02. The van der Waals surface area contributed by atoms with Crippen molar-refractivity contribution in [3.8, 4) is 0 Å². The molecule has 1 saturated heterocycles. The van der Waals surface area contributed by atoms with Crippen molar-refractivity contribution in [1.82, 2.24) is 15.2 Å². The Bertz CT molecular complexity index is 1020. The van der Waals surface area contributed by atoms with Gasteiger partial charge in [0.2, 0.25) is 5.91 Å². The molecule has 156 valence electrons. The maximum atomic E-state index is 12.8. The molecule has 2 amide bonds. The lowest BCUT2D eigenvalue weighted by atomic mass is 10.0. The summed E-state index contributed by atoms with van der Waals surface area (Å²) in [6, 6.07) is 15.4. The van der Waals surface area contributed by atoms with Crippen LogP contribution >= 0.6 is 11.3 Å². The fourth-order valence-electron chi connectivity index (χ4n) is 3.88. The fraction of sp³-hybridized carbons (Fsp3) is 0.348. The SMILES string of the molecule is CCNC(=O)c1cccc(NC(=O)CN2CCCC[C@@H]2c2nc3ccccc3s2)c1. The highest BCUT2D eigenvalue weighted by Crippen LogP contribution is 2.35. The Morgan fingerprint density at radius 1 is 1.17 bits per heavy atom. The van der Waals surface area contributed by atoms with Crippen molar-refractivity contribution in [1.29, 1.82) is 0 Å². The summed E-state index contributed by atoms with van der Waals surface area (Å²) in [5.41, 5.74) is 2.20. The van der Waals surface area contributed by atoms with Gasteiger partial charge in [0.05, 0.1) is 22.8 Å². The Morgan fingerprint density at radius 3 is 2.87 bits per heavy atom. The quantitative estimate of drug-likeness (QED) is 0.624. The lowest BCUT2D eigenvalue weighted by Crippen LogP contribution is -2.39. The Hall–Kier alpha value is -2.77. The second-order valence-electron chi connectivity index (χ2n) is 7.49. The van der Waals surface area contributed by atoms with Crippen molar-refractivity contribution < 1.29 is 9.59 Å². The van der Waals surface area contributed by atoms with Crippen LogP contribution in [0.25, 0.3) is 10.2 Å². The molecule has 30 heavy (non-hydrogen) atoms. The van der Waals surface area contributed by atoms with Crippen molar-refractivity contribution in [2.24, 2.45) is 0 Å². The zero-order chi connectivity index (χ0) is 20.9. The molecule has 1 aromatic heterocycles. The van der Waals surface area contributed by atoms with Gasteiger partial charge in [-0.2, -0.15) is 0 Å². The van der Waals surface area contributed by atoms with E-state index in [9.17, 15) is 9.59 Å². The summed E-state index contributed by atoms with van der Waals surface area (Å²) in [5, 5.41) is 6.81. The number of anilines is 1. The van der Waals surface area contributed by atoms with Gasteiger partial charge in [-0.3, -0.25) is 14.5 Å². The number of nitrogens with one attached hydrogen (secondary N) is 2. The number of benzene rings is 2. The lowest BCUT2D eigenvalue weighted by Gasteiger charge is -2.33. The van der Waals surface area contributed by atoms with Crippen LogP contribution < -0.4 is 10.6 Å². The van der Waals surface area contributed by atoms with E-state index in [-0.39, 0.29) is 17.9 Å².